The summed E-state index contributed by atoms with van der Waals surface area (Å²) in [6.07, 6.45) is 1.19. The Morgan fingerprint density at radius 2 is 1.80 bits per heavy atom. The lowest BCUT2D eigenvalue weighted by molar-refractivity contribution is 0.0692. The van der Waals surface area contributed by atoms with Crippen molar-refractivity contribution in [2.45, 2.75) is 31.6 Å². The first-order chi connectivity index (χ1) is 9.34. The van der Waals surface area contributed by atoms with Gasteiger partial charge in [-0.1, -0.05) is 13.8 Å². The van der Waals surface area contributed by atoms with Crippen LogP contribution in [0.1, 0.15) is 37.0 Å². The van der Waals surface area contributed by atoms with Crippen molar-refractivity contribution in [2.24, 2.45) is 0 Å². The Hall–Kier alpha value is -1.47. The Morgan fingerprint density at radius 3 is 2.25 bits per heavy atom. The Bertz CT molecular complexity index is 580. The summed E-state index contributed by atoms with van der Waals surface area (Å²) >= 11 is 0. The van der Waals surface area contributed by atoms with Gasteiger partial charge in [0.15, 0.2) is 0 Å². The number of aromatic carboxylic acids is 1. The van der Waals surface area contributed by atoms with Crippen molar-refractivity contribution in [3.05, 3.63) is 29.6 Å². The van der Waals surface area contributed by atoms with Crippen molar-refractivity contribution in [3.63, 3.8) is 0 Å². The summed E-state index contributed by atoms with van der Waals surface area (Å²) in [6, 6.07) is 2.67. The lowest BCUT2D eigenvalue weighted by Gasteiger charge is -2.21. The molecule has 0 radical (unpaired) electrons. The highest BCUT2D eigenvalue weighted by molar-refractivity contribution is 7.89. The first-order valence-corrected chi connectivity index (χ1v) is 7.81. The van der Waals surface area contributed by atoms with E-state index in [1.165, 1.54) is 4.31 Å². The third-order valence-electron chi connectivity index (χ3n) is 2.74. The molecule has 0 unspecified atom stereocenters. The maximum Gasteiger partial charge on any atom is 0.337 e. The van der Waals surface area contributed by atoms with E-state index < -0.39 is 32.3 Å². The van der Waals surface area contributed by atoms with Crippen LogP contribution in [0.4, 0.5) is 4.39 Å². The van der Waals surface area contributed by atoms with Crippen LogP contribution in [-0.2, 0) is 10.0 Å². The van der Waals surface area contributed by atoms with Crippen LogP contribution in [0.3, 0.4) is 0 Å². The standard InChI is InChI=1S/C13H18FNO4S/c1-3-7-15(8-4-2)20(18,19)12-9-10(14)5-6-11(12)13(16)17/h5-6,9H,3-4,7-8H2,1-2H3,(H,16,17). The summed E-state index contributed by atoms with van der Waals surface area (Å²) in [5.74, 6) is -2.17. The zero-order valence-corrected chi connectivity index (χ0v) is 12.3. The summed E-state index contributed by atoms with van der Waals surface area (Å²) in [6.45, 7) is 4.18. The van der Waals surface area contributed by atoms with Crippen LogP contribution in [0.25, 0.3) is 0 Å². The van der Waals surface area contributed by atoms with Gasteiger partial charge in [-0.05, 0) is 31.0 Å². The molecule has 0 amide bonds. The van der Waals surface area contributed by atoms with Gasteiger partial charge in [-0.15, -0.1) is 0 Å². The minimum absolute atomic E-state index is 0.270. The third-order valence-corrected chi connectivity index (χ3v) is 4.68. The molecule has 1 aromatic carbocycles. The number of carboxylic acids is 1. The number of nitrogens with zero attached hydrogens (tertiary/aromatic N) is 1. The number of rotatable bonds is 7. The average molecular weight is 303 g/mol. The van der Waals surface area contributed by atoms with Gasteiger partial charge >= 0.3 is 5.97 Å². The fourth-order valence-corrected chi connectivity index (χ4v) is 3.70. The van der Waals surface area contributed by atoms with Gasteiger partial charge in [0.25, 0.3) is 0 Å². The average Bonchev–Trinajstić information content (AvgIpc) is 2.38. The van der Waals surface area contributed by atoms with E-state index in [0.29, 0.717) is 12.8 Å². The number of sulfonamides is 1. The van der Waals surface area contributed by atoms with Crippen molar-refractivity contribution in [1.82, 2.24) is 4.31 Å². The van der Waals surface area contributed by atoms with Gasteiger partial charge in [0.05, 0.1) is 10.5 Å². The zero-order chi connectivity index (χ0) is 15.3. The molecule has 0 aliphatic rings. The normalized spacial score (nSPS) is 11.8. The number of hydrogen-bond donors (Lipinski definition) is 1. The molecule has 0 bridgehead atoms. The number of carbonyl (C=O) groups is 1. The number of carboxylic acid groups (broad SMARTS) is 1. The summed E-state index contributed by atoms with van der Waals surface area (Å²) in [7, 11) is -4.01. The quantitative estimate of drug-likeness (QED) is 0.839. The first-order valence-electron chi connectivity index (χ1n) is 6.37. The fraction of sp³-hybridized carbons (Fsp3) is 0.462. The predicted octanol–water partition coefficient (Wildman–Crippen LogP) is 2.33. The Morgan fingerprint density at radius 1 is 1.25 bits per heavy atom. The van der Waals surface area contributed by atoms with Gasteiger partial charge in [0, 0.05) is 13.1 Å². The van der Waals surface area contributed by atoms with Crippen LogP contribution < -0.4 is 0 Å². The van der Waals surface area contributed by atoms with Crippen LogP contribution in [0.2, 0.25) is 0 Å². The highest BCUT2D eigenvalue weighted by Gasteiger charge is 2.28. The predicted molar refractivity (Wildman–Crippen MR) is 72.7 cm³/mol. The van der Waals surface area contributed by atoms with Gasteiger partial charge in [0.2, 0.25) is 10.0 Å². The molecular weight excluding hydrogens is 285 g/mol. The van der Waals surface area contributed by atoms with E-state index in [9.17, 15) is 17.6 Å². The van der Waals surface area contributed by atoms with E-state index in [1.54, 1.807) is 0 Å². The maximum atomic E-state index is 13.3. The fourth-order valence-electron chi connectivity index (χ4n) is 1.88. The van der Waals surface area contributed by atoms with Crippen molar-refractivity contribution in [1.29, 1.82) is 0 Å². The smallest absolute Gasteiger partial charge is 0.337 e. The van der Waals surface area contributed by atoms with E-state index in [-0.39, 0.29) is 13.1 Å². The Kier molecular flexibility index (Phi) is 5.64. The molecule has 0 atom stereocenters. The van der Waals surface area contributed by atoms with Gasteiger partial charge in [-0.25, -0.2) is 17.6 Å². The topological polar surface area (TPSA) is 74.7 Å². The molecule has 1 rings (SSSR count). The lowest BCUT2D eigenvalue weighted by Crippen LogP contribution is -2.33. The molecule has 0 spiro atoms. The molecule has 20 heavy (non-hydrogen) atoms. The van der Waals surface area contributed by atoms with Gasteiger partial charge < -0.3 is 5.11 Å². The largest absolute Gasteiger partial charge is 0.478 e. The Labute approximate surface area is 118 Å². The van der Waals surface area contributed by atoms with E-state index in [4.69, 9.17) is 5.11 Å². The van der Waals surface area contributed by atoms with E-state index >= 15 is 0 Å². The van der Waals surface area contributed by atoms with Crippen molar-refractivity contribution < 1.29 is 22.7 Å². The highest BCUT2D eigenvalue weighted by Crippen LogP contribution is 2.22. The second kappa shape index (κ2) is 6.81. The number of halogens is 1. The molecule has 5 nitrogen and oxygen atoms in total. The molecular formula is C13H18FNO4S. The molecule has 0 heterocycles. The van der Waals surface area contributed by atoms with Gasteiger partial charge in [0.1, 0.15) is 5.82 Å². The van der Waals surface area contributed by atoms with Gasteiger partial charge in [-0.3, -0.25) is 0 Å². The summed E-state index contributed by atoms with van der Waals surface area (Å²) in [4.78, 5) is 10.6. The summed E-state index contributed by atoms with van der Waals surface area (Å²) in [5.41, 5.74) is -0.413. The van der Waals surface area contributed by atoms with E-state index in [1.807, 2.05) is 13.8 Å². The van der Waals surface area contributed by atoms with Crippen molar-refractivity contribution in [3.8, 4) is 0 Å². The van der Waals surface area contributed by atoms with Crippen LogP contribution >= 0.6 is 0 Å². The molecule has 0 aromatic heterocycles. The van der Waals surface area contributed by atoms with Gasteiger partial charge in [-0.2, -0.15) is 4.31 Å². The number of benzene rings is 1. The van der Waals surface area contributed by atoms with E-state index in [0.717, 1.165) is 18.2 Å². The third kappa shape index (κ3) is 3.55. The molecule has 0 saturated heterocycles. The van der Waals surface area contributed by atoms with Crippen LogP contribution in [0.5, 0.6) is 0 Å². The molecule has 0 aliphatic heterocycles. The highest BCUT2D eigenvalue weighted by atomic mass is 32.2. The van der Waals surface area contributed by atoms with Crippen molar-refractivity contribution >= 4 is 16.0 Å². The van der Waals surface area contributed by atoms with Crippen LogP contribution in [0, 0.1) is 5.82 Å². The SMILES string of the molecule is CCCN(CCC)S(=O)(=O)c1cc(F)ccc1C(=O)O. The molecule has 112 valence electrons. The molecule has 0 saturated carbocycles. The minimum atomic E-state index is -4.01. The lowest BCUT2D eigenvalue weighted by atomic mass is 10.2. The maximum absolute atomic E-state index is 13.3. The molecule has 0 fully saturated rings. The zero-order valence-electron chi connectivity index (χ0n) is 11.5. The molecule has 0 aliphatic carbocycles. The number of hydrogen-bond acceptors (Lipinski definition) is 3. The van der Waals surface area contributed by atoms with E-state index in [2.05, 4.69) is 0 Å². The minimum Gasteiger partial charge on any atom is -0.478 e. The Balaban J connectivity index is 3.39. The molecule has 1 aromatic rings. The van der Waals surface area contributed by atoms with Crippen LogP contribution in [-0.4, -0.2) is 36.9 Å². The molecule has 7 heteroatoms. The van der Waals surface area contributed by atoms with Crippen molar-refractivity contribution in [2.75, 3.05) is 13.1 Å². The second-order valence-corrected chi connectivity index (χ2v) is 6.26. The second-order valence-electron chi connectivity index (χ2n) is 4.35. The first kappa shape index (κ1) is 16.6. The summed E-state index contributed by atoms with van der Waals surface area (Å²) < 4.78 is 39.5. The monoisotopic (exact) mass is 303 g/mol. The molecule has 1 N–H and O–H groups in total. The van der Waals surface area contributed by atoms with Crippen LogP contribution in [0.15, 0.2) is 23.1 Å². The summed E-state index contributed by atoms with van der Waals surface area (Å²) in [5, 5.41) is 9.06.